The normalized spacial score (nSPS) is 20.8. The zero-order chi connectivity index (χ0) is 9.68. The molecule has 4 nitrogen and oxygen atoms in total. The van der Waals surface area contributed by atoms with Crippen molar-refractivity contribution in [3.8, 4) is 0 Å². The monoisotopic (exact) mass is 286 g/mol. The van der Waals surface area contributed by atoms with Gasteiger partial charge in [-0.2, -0.15) is 0 Å². The summed E-state index contributed by atoms with van der Waals surface area (Å²) >= 11 is -1.89. The molecule has 0 spiro atoms. The van der Waals surface area contributed by atoms with E-state index in [1.54, 1.807) is 0 Å². The van der Waals surface area contributed by atoms with Gasteiger partial charge in [-0.25, -0.2) is 0 Å². The Labute approximate surface area is 86.5 Å². The third-order valence-corrected chi connectivity index (χ3v) is 9.92. The maximum absolute atomic E-state index is 11.0. The number of hydrogen-bond donors (Lipinski definition) is 1. The molecule has 1 unspecified atom stereocenters. The van der Waals surface area contributed by atoms with Crippen molar-refractivity contribution in [2.75, 3.05) is 6.61 Å². The van der Waals surface area contributed by atoms with E-state index < -0.39 is 21.7 Å². The Morgan fingerprint density at radius 3 is 3.15 bits per heavy atom. The number of carbonyl (C=O) groups excluding carboxylic acids is 1. The van der Waals surface area contributed by atoms with Gasteiger partial charge in [0.25, 0.3) is 0 Å². The first-order valence-electron chi connectivity index (χ1n) is 4.67. The number of ether oxygens (including phenoxy) is 1. The van der Waals surface area contributed by atoms with Crippen molar-refractivity contribution in [1.29, 1.82) is 0 Å². The van der Waals surface area contributed by atoms with Gasteiger partial charge in [0.05, 0.1) is 0 Å². The Balaban J connectivity index is 2.18. The molecule has 72 valence electrons. The molecule has 1 heterocycles. The van der Waals surface area contributed by atoms with Crippen LogP contribution in [0.2, 0.25) is 4.18 Å². The van der Waals surface area contributed by atoms with Crippen molar-refractivity contribution in [2.45, 2.75) is 27.7 Å². The van der Waals surface area contributed by atoms with Crippen LogP contribution in [-0.2, 0) is 9.53 Å². The zero-order valence-corrected chi connectivity index (χ0v) is 11.2. The molecule has 1 rings (SSSR count). The second-order valence-electron chi connectivity index (χ2n) is 3.14. The van der Waals surface area contributed by atoms with E-state index in [1.807, 2.05) is 13.1 Å². The van der Waals surface area contributed by atoms with Crippen molar-refractivity contribution in [2.24, 2.45) is 8.71 Å². The average Bonchev–Trinajstić information content (AvgIpc) is 2.48. The molecule has 0 aromatic rings. The van der Waals surface area contributed by atoms with Crippen LogP contribution in [-0.4, -0.2) is 44.3 Å². The molecular weight excluding hydrogens is 271 g/mol. The first kappa shape index (κ1) is 11.0. The number of esters is 1. The van der Waals surface area contributed by atoms with Crippen molar-refractivity contribution < 1.29 is 9.53 Å². The van der Waals surface area contributed by atoms with Gasteiger partial charge >= 0.3 is 86.5 Å². The van der Waals surface area contributed by atoms with E-state index in [1.165, 1.54) is 0 Å². The second kappa shape index (κ2) is 5.65. The first-order valence-corrected chi connectivity index (χ1v) is 10.4. The van der Waals surface area contributed by atoms with Crippen molar-refractivity contribution in [1.82, 2.24) is 0 Å². The number of carbonyl (C=O) groups is 1. The number of rotatable bonds is 4. The van der Waals surface area contributed by atoms with Crippen molar-refractivity contribution in [3.63, 3.8) is 0 Å². The third kappa shape index (κ3) is 3.68. The van der Waals surface area contributed by atoms with E-state index >= 15 is 0 Å². The molecule has 0 fully saturated rings. The van der Waals surface area contributed by atoms with E-state index in [9.17, 15) is 4.79 Å². The van der Waals surface area contributed by atoms with Gasteiger partial charge in [0, 0.05) is 0 Å². The molecule has 0 aromatic carbocycles. The number of hydrogen-bond acceptors (Lipinski definition) is 4. The molecular formula is C8H15InN2O2. The van der Waals surface area contributed by atoms with Crippen LogP contribution < -0.4 is 5.73 Å². The first-order chi connectivity index (χ1) is 6.24. The Bertz CT molecular complexity index is 208. The fourth-order valence-electron chi connectivity index (χ4n) is 1.37. The molecule has 0 aliphatic carbocycles. The van der Waals surface area contributed by atoms with Gasteiger partial charge < -0.3 is 0 Å². The summed E-state index contributed by atoms with van der Waals surface area (Å²) in [5.41, 5.74) is 5.86. The molecule has 0 bridgehead atoms. The summed E-state index contributed by atoms with van der Waals surface area (Å²) in [7, 11) is 0. The molecule has 1 atom stereocenters. The van der Waals surface area contributed by atoms with Gasteiger partial charge in [0.15, 0.2) is 0 Å². The molecule has 2 N–H and O–H groups in total. The van der Waals surface area contributed by atoms with E-state index in [2.05, 4.69) is 2.98 Å². The van der Waals surface area contributed by atoms with E-state index in [-0.39, 0.29) is 5.97 Å². The Morgan fingerprint density at radius 2 is 2.62 bits per heavy atom. The van der Waals surface area contributed by atoms with Gasteiger partial charge in [-0.3, -0.25) is 0 Å². The molecule has 5 heteroatoms. The van der Waals surface area contributed by atoms with Crippen LogP contribution in [0, 0.1) is 0 Å². The summed E-state index contributed by atoms with van der Waals surface area (Å²) in [6.07, 6.45) is 3.36. The second-order valence-corrected chi connectivity index (χ2v) is 11.3. The Hall–Kier alpha value is -0.0299. The standard InChI is InChI=1S/C5H9O2.C3H6N2.In/c1-3-5(6)7-4-2;4-2-1-3-5;/h1,3-4H2,2H3;2-3H,1,4H2;/q;-1;+1. The van der Waals surface area contributed by atoms with Gasteiger partial charge in [0.1, 0.15) is 0 Å². The number of nitrogens with two attached hydrogens (primary N) is 1. The molecule has 0 radical (unpaired) electrons. The third-order valence-electron chi connectivity index (χ3n) is 2.12. The van der Waals surface area contributed by atoms with Crippen LogP contribution in [0.25, 0.3) is 0 Å². The SMILES string of the molecule is CCOC(=O)C[CH2][In]1[N]=CC[CH]1N. The van der Waals surface area contributed by atoms with Crippen LogP contribution >= 0.6 is 0 Å². The fourth-order valence-corrected chi connectivity index (χ4v) is 7.53. The molecule has 0 amide bonds. The van der Waals surface area contributed by atoms with Gasteiger partial charge in [-0.05, 0) is 0 Å². The minimum atomic E-state index is -1.89. The van der Waals surface area contributed by atoms with E-state index in [0.29, 0.717) is 16.8 Å². The van der Waals surface area contributed by atoms with Crippen LogP contribution in [0.15, 0.2) is 2.98 Å². The average molecular weight is 286 g/mol. The predicted octanol–water partition coefficient (Wildman–Crippen LogP) is 0.272. The molecule has 1 aliphatic heterocycles. The van der Waals surface area contributed by atoms with E-state index in [4.69, 9.17) is 10.5 Å². The van der Waals surface area contributed by atoms with Crippen LogP contribution in [0.3, 0.4) is 0 Å². The van der Waals surface area contributed by atoms with Gasteiger partial charge in [-0.1, -0.05) is 0 Å². The van der Waals surface area contributed by atoms with Crippen LogP contribution in [0.5, 0.6) is 0 Å². The number of nitrogens with zero attached hydrogens (tertiary/aromatic N) is 1. The summed E-state index contributed by atoms with van der Waals surface area (Å²) in [5.74, 6) is -0.103. The quantitative estimate of drug-likeness (QED) is 0.755. The van der Waals surface area contributed by atoms with Gasteiger partial charge in [-0.15, -0.1) is 0 Å². The molecule has 13 heavy (non-hydrogen) atoms. The minimum absolute atomic E-state index is 0.103. The molecule has 0 aromatic heterocycles. The summed E-state index contributed by atoms with van der Waals surface area (Å²) in [5, 5.41) is 0. The van der Waals surface area contributed by atoms with Crippen molar-refractivity contribution in [3.05, 3.63) is 0 Å². The van der Waals surface area contributed by atoms with Gasteiger partial charge in [0.2, 0.25) is 0 Å². The summed E-state index contributed by atoms with van der Waals surface area (Å²) < 4.78 is 10.5. The summed E-state index contributed by atoms with van der Waals surface area (Å²) in [6, 6.07) is 0. The summed E-state index contributed by atoms with van der Waals surface area (Å²) in [4.78, 5) is 11.0. The fraction of sp³-hybridized carbons (Fsp3) is 0.750. The molecule has 0 saturated carbocycles. The molecule has 1 aliphatic rings. The topological polar surface area (TPSA) is 64.7 Å². The summed E-state index contributed by atoms with van der Waals surface area (Å²) in [6.45, 7) is 2.29. The van der Waals surface area contributed by atoms with Crippen LogP contribution in [0.4, 0.5) is 0 Å². The zero-order valence-electron chi connectivity index (χ0n) is 7.90. The predicted molar refractivity (Wildman–Crippen MR) is 52.9 cm³/mol. The van der Waals surface area contributed by atoms with E-state index in [0.717, 1.165) is 10.6 Å². The van der Waals surface area contributed by atoms with Crippen LogP contribution in [0.1, 0.15) is 19.8 Å². The Morgan fingerprint density at radius 1 is 1.85 bits per heavy atom. The maximum atomic E-state index is 11.0. The van der Waals surface area contributed by atoms with Crippen molar-refractivity contribution >= 4 is 33.9 Å². The molecule has 0 saturated heterocycles. The Kier molecular flexibility index (Phi) is 4.80.